The number of hydrogen-bond donors (Lipinski definition) is 1. The van der Waals surface area contributed by atoms with Crippen LogP contribution in [0, 0.1) is 0 Å². The zero-order chi connectivity index (χ0) is 9.86. The lowest BCUT2D eigenvalue weighted by Gasteiger charge is -2.32. The van der Waals surface area contributed by atoms with Crippen LogP contribution in [-0.2, 0) is 0 Å². The zero-order valence-corrected chi connectivity index (χ0v) is 9.82. The third-order valence-corrected chi connectivity index (χ3v) is 5.21. The molecule has 1 atom stereocenters. The summed E-state index contributed by atoms with van der Waals surface area (Å²) in [5, 5.41) is 11.2. The van der Waals surface area contributed by atoms with Crippen LogP contribution >= 0.6 is 11.8 Å². The van der Waals surface area contributed by atoms with E-state index in [0.29, 0.717) is 0 Å². The molecule has 2 fully saturated rings. The molecule has 1 aliphatic carbocycles. The summed E-state index contributed by atoms with van der Waals surface area (Å²) in [6, 6.07) is 0. The molecule has 0 spiro atoms. The van der Waals surface area contributed by atoms with Crippen molar-refractivity contribution in [2.75, 3.05) is 5.75 Å². The van der Waals surface area contributed by atoms with Crippen LogP contribution in [-0.4, -0.2) is 21.7 Å². The first kappa shape index (κ1) is 10.8. The van der Waals surface area contributed by atoms with Crippen molar-refractivity contribution < 1.29 is 5.11 Å². The lowest BCUT2D eigenvalue weighted by Crippen LogP contribution is -2.31. The van der Waals surface area contributed by atoms with Gasteiger partial charge in [-0.2, -0.15) is 11.8 Å². The molecule has 2 rings (SSSR count). The number of thioether (sulfide) groups is 1. The molecule has 2 aliphatic rings. The van der Waals surface area contributed by atoms with E-state index >= 15 is 0 Å². The standard InChI is InChI=1S/C12H22OS/c13-12(7-2-1-3-8-12)9-6-11-5-4-10-14-11/h11,13H,1-10H2. The summed E-state index contributed by atoms with van der Waals surface area (Å²) in [5.41, 5.74) is -0.276. The van der Waals surface area contributed by atoms with Crippen molar-refractivity contribution in [1.29, 1.82) is 0 Å². The predicted octanol–water partition coefficient (Wildman–Crippen LogP) is 3.36. The third-order valence-electron chi connectivity index (χ3n) is 3.74. The molecule has 1 saturated heterocycles. The molecular formula is C12H22OS. The molecule has 1 nitrogen and oxygen atoms in total. The highest BCUT2D eigenvalue weighted by Gasteiger charge is 2.30. The van der Waals surface area contributed by atoms with Crippen LogP contribution in [0.1, 0.15) is 57.8 Å². The van der Waals surface area contributed by atoms with E-state index in [0.717, 1.165) is 24.5 Å². The Kier molecular flexibility index (Phi) is 3.78. The second kappa shape index (κ2) is 4.89. The highest BCUT2D eigenvalue weighted by Crippen LogP contribution is 2.36. The SMILES string of the molecule is OC1(CCC2CCCS2)CCCCC1. The van der Waals surface area contributed by atoms with E-state index in [9.17, 15) is 5.11 Å². The summed E-state index contributed by atoms with van der Waals surface area (Å²) < 4.78 is 0. The van der Waals surface area contributed by atoms with Gasteiger partial charge in [-0.25, -0.2) is 0 Å². The zero-order valence-electron chi connectivity index (χ0n) is 9.00. The molecule has 0 radical (unpaired) electrons. The quantitative estimate of drug-likeness (QED) is 0.777. The lowest BCUT2D eigenvalue weighted by atomic mass is 9.81. The lowest BCUT2D eigenvalue weighted by molar-refractivity contribution is -0.00542. The molecule has 0 amide bonds. The maximum atomic E-state index is 10.3. The minimum absolute atomic E-state index is 0.276. The van der Waals surface area contributed by atoms with Gasteiger partial charge in [0.05, 0.1) is 5.60 Å². The van der Waals surface area contributed by atoms with Crippen molar-refractivity contribution in [2.45, 2.75) is 68.6 Å². The fourth-order valence-corrected chi connectivity index (χ4v) is 4.05. The Labute approximate surface area is 91.7 Å². The second-order valence-corrected chi connectivity index (χ2v) is 6.37. The summed E-state index contributed by atoms with van der Waals surface area (Å²) in [6.45, 7) is 0. The Morgan fingerprint density at radius 3 is 2.57 bits per heavy atom. The average molecular weight is 214 g/mol. The van der Waals surface area contributed by atoms with Gasteiger partial charge in [0.15, 0.2) is 0 Å². The van der Waals surface area contributed by atoms with E-state index in [-0.39, 0.29) is 5.60 Å². The van der Waals surface area contributed by atoms with Crippen LogP contribution in [0.3, 0.4) is 0 Å². The van der Waals surface area contributed by atoms with Gasteiger partial charge in [-0.3, -0.25) is 0 Å². The number of hydrogen-bond acceptors (Lipinski definition) is 2. The minimum Gasteiger partial charge on any atom is -0.390 e. The first-order chi connectivity index (χ1) is 6.79. The van der Waals surface area contributed by atoms with Gasteiger partial charge in [0, 0.05) is 5.25 Å². The highest BCUT2D eigenvalue weighted by molar-refractivity contribution is 8.00. The van der Waals surface area contributed by atoms with Crippen molar-refractivity contribution in [3.05, 3.63) is 0 Å². The Morgan fingerprint density at radius 2 is 1.93 bits per heavy atom. The first-order valence-corrected chi connectivity index (χ1v) is 7.17. The monoisotopic (exact) mass is 214 g/mol. The van der Waals surface area contributed by atoms with Crippen molar-refractivity contribution in [3.63, 3.8) is 0 Å². The third kappa shape index (κ3) is 2.90. The Bertz CT molecular complexity index is 169. The smallest absolute Gasteiger partial charge is 0.0648 e. The molecule has 1 aliphatic heterocycles. The normalized spacial score (nSPS) is 31.9. The Hall–Kier alpha value is 0.310. The molecule has 0 bridgehead atoms. The topological polar surface area (TPSA) is 20.2 Å². The molecule has 1 unspecified atom stereocenters. The summed E-state index contributed by atoms with van der Waals surface area (Å²) >= 11 is 2.12. The molecule has 1 heterocycles. The predicted molar refractivity (Wildman–Crippen MR) is 62.7 cm³/mol. The first-order valence-electron chi connectivity index (χ1n) is 6.13. The van der Waals surface area contributed by atoms with E-state index in [4.69, 9.17) is 0 Å². The minimum atomic E-state index is -0.276. The average Bonchev–Trinajstić information content (AvgIpc) is 2.69. The van der Waals surface area contributed by atoms with Crippen LogP contribution in [0.5, 0.6) is 0 Å². The van der Waals surface area contributed by atoms with Gasteiger partial charge in [-0.05, 0) is 44.3 Å². The molecule has 82 valence electrons. The van der Waals surface area contributed by atoms with Gasteiger partial charge in [0.1, 0.15) is 0 Å². The van der Waals surface area contributed by atoms with Crippen LogP contribution in [0.25, 0.3) is 0 Å². The van der Waals surface area contributed by atoms with Crippen molar-refractivity contribution >= 4 is 11.8 Å². The summed E-state index contributed by atoms with van der Waals surface area (Å²) in [5.74, 6) is 1.35. The second-order valence-electron chi connectivity index (χ2n) is 4.96. The van der Waals surface area contributed by atoms with Crippen molar-refractivity contribution in [1.82, 2.24) is 0 Å². The van der Waals surface area contributed by atoms with E-state index in [1.807, 2.05) is 0 Å². The van der Waals surface area contributed by atoms with E-state index < -0.39 is 0 Å². The van der Waals surface area contributed by atoms with Crippen molar-refractivity contribution in [3.8, 4) is 0 Å². The highest BCUT2D eigenvalue weighted by atomic mass is 32.2. The van der Waals surface area contributed by atoms with Gasteiger partial charge in [-0.15, -0.1) is 0 Å². The molecule has 2 heteroatoms. The largest absolute Gasteiger partial charge is 0.390 e. The van der Waals surface area contributed by atoms with E-state index in [1.165, 1.54) is 44.3 Å². The van der Waals surface area contributed by atoms with Crippen LogP contribution in [0.4, 0.5) is 0 Å². The van der Waals surface area contributed by atoms with E-state index in [2.05, 4.69) is 11.8 Å². The summed E-state index contributed by atoms with van der Waals surface area (Å²) in [4.78, 5) is 0. The maximum absolute atomic E-state index is 10.3. The fraction of sp³-hybridized carbons (Fsp3) is 1.00. The molecule has 1 N–H and O–H groups in total. The number of aliphatic hydroxyl groups is 1. The Morgan fingerprint density at radius 1 is 1.14 bits per heavy atom. The van der Waals surface area contributed by atoms with Crippen molar-refractivity contribution in [2.24, 2.45) is 0 Å². The van der Waals surface area contributed by atoms with Crippen LogP contribution < -0.4 is 0 Å². The summed E-state index contributed by atoms with van der Waals surface area (Å²) in [7, 11) is 0. The van der Waals surface area contributed by atoms with Gasteiger partial charge in [-0.1, -0.05) is 19.3 Å². The number of rotatable bonds is 3. The fourth-order valence-electron chi connectivity index (χ4n) is 2.76. The van der Waals surface area contributed by atoms with Gasteiger partial charge in [0.25, 0.3) is 0 Å². The van der Waals surface area contributed by atoms with Crippen LogP contribution in [0.15, 0.2) is 0 Å². The van der Waals surface area contributed by atoms with E-state index in [1.54, 1.807) is 0 Å². The molecule has 1 saturated carbocycles. The maximum Gasteiger partial charge on any atom is 0.0648 e. The molecule has 0 aromatic carbocycles. The summed E-state index contributed by atoms with van der Waals surface area (Å²) in [6.07, 6.45) is 11.0. The molecule has 0 aromatic heterocycles. The van der Waals surface area contributed by atoms with Gasteiger partial charge >= 0.3 is 0 Å². The molecule has 14 heavy (non-hydrogen) atoms. The molecular weight excluding hydrogens is 192 g/mol. The van der Waals surface area contributed by atoms with Gasteiger partial charge < -0.3 is 5.11 Å². The van der Waals surface area contributed by atoms with Gasteiger partial charge in [0.2, 0.25) is 0 Å². The Balaban J connectivity index is 1.72. The van der Waals surface area contributed by atoms with Crippen LogP contribution in [0.2, 0.25) is 0 Å². The molecule has 0 aromatic rings.